The van der Waals surface area contributed by atoms with Gasteiger partial charge >= 0.3 is 5.97 Å². The zero-order chi connectivity index (χ0) is 23.2. The van der Waals surface area contributed by atoms with Crippen LogP contribution in [0.25, 0.3) is 6.08 Å². The molecule has 0 radical (unpaired) electrons. The molecule has 0 aromatic heterocycles. The van der Waals surface area contributed by atoms with Gasteiger partial charge in [0.05, 0.1) is 18.1 Å². The second-order valence-electron chi connectivity index (χ2n) is 9.96. The number of rotatable bonds is 7. The van der Waals surface area contributed by atoms with Crippen LogP contribution >= 0.6 is 11.8 Å². The van der Waals surface area contributed by atoms with E-state index in [-0.39, 0.29) is 18.6 Å². The first-order chi connectivity index (χ1) is 15.9. The quantitative estimate of drug-likeness (QED) is 0.406. The summed E-state index contributed by atoms with van der Waals surface area (Å²) in [6.07, 6.45) is 9.67. The molecule has 7 heteroatoms. The molecule has 0 N–H and O–H groups in total. The van der Waals surface area contributed by atoms with Crippen molar-refractivity contribution in [2.45, 2.75) is 57.8 Å². The highest BCUT2D eigenvalue weighted by Gasteiger charge is 2.51. The van der Waals surface area contributed by atoms with Crippen LogP contribution in [0, 0.1) is 17.8 Å². The molecule has 176 valence electrons. The summed E-state index contributed by atoms with van der Waals surface area (Å²) >= 11 is 0.864. The Morgan fingerprint density at radius 3 is 2.36 bits per heavy atom. The number of carbonyl (C=O) groups excluding carboxylic acids is 3. The Balaban J connectivity index is 1.45. The molecule has 4 bridgehead atoms. The summed E-state index contributed by atoms with van der Waals surface area (Å²) in [5.41, 5.74) is 2.39. The predicted octanol–water partition coefficient (Wildman–Crippen LogP) is 5.15. The van der Waals surface area contributed by atoms with Gasteiger partial charge in [0.2, 0.25) is 0 Å². The van der Waals surface area contributed by atoms with Crippen LogP contribution in [0.5, 0.6) is 5.75 Å². The van der Waals surface area contributed by atoms with Crippen molar-refractivity contribution in [3.63, 3.8) is 0 Å². The highest BCUT2D eigenvalue weighted by atomic mass is 32.2. The molecule has 1 aliphatic heterocycles. The fraction of sp³-hybridized carbons (Fsp3) is 0.577. The van der Waals surface area contributed by atoms with Crippen LogP contribution in [0.1, 0.15) is 63.5 Å². The number of nitrogens with zero attached hydrogens (tertiary/aromatic N) is 1. The lowest BCUT2D eigenvalue weighted by Crippen LogP contribution is -2.48. The first kappa shape index (κ1) is 22.5. The van der Waals surface area contributed by atoms with E-state index in [4.69, 9.17) is 9.47 Å². The fourth-order valence-corrected chi connectivity index (χ4v) is 7.68. The van der Waals surface area contributed by atoms with E-state index >= 15 is 0 Å². The van der Waals surface area contributed by atoms with Gasteiger partial charge in [-0.05, 0) is 111 Å². The molecule has 1 aromatic carbocycles. The van der Waals surface area contributed by atoms with E-state index in [9.17, 15) is 14.4 Å². The van der Waals surface area contributed by atoms with Gasteiger partial charge in [-0.2, -0.15) is 0 Å². The van der Waals surface area contributed by atoms with Crippen LogP contribution in [-0.2, 0) is 19.7 Å². The Morgan fingerprint density at radius 1 is 1.09 bits per heavy atom. The van der Waals surface area contributed by atoms with Crippen LogP contribution in [0.4, 0.5) is 4.79 Å². The molecule has 0 atom stereocenters. The molecule has 0 unspecified atom stereocenters. The topological polar surface area (TPSA) is 72.9 Å². The monoisotopic (exact) mass is 469 g/mol. The fourth-order valence-electron chi connectivity index (χ4n) is 6.86. The second-order valence-corrected chi connectivity index (χ2v) is 10.9. The average molecular weight is 470 g/mol. The van der Waals surface area contributed by atoms with E-state index in [2.05, 4.69) is 12.1 Å². The normalized spacial score (nSPS) is 31.5. The number of thioether (sulfide) groups is 1. The Kier molecular flexibility index (Phi) is 6.02. The summed E-state index contributed by atoms with van der Waals surface area (Å²) < 4.78 is 10.8. The van der Waals surface area contributed by atoms with Crippen LogP contribution in [0.3, 0.4) is 0 Å². The van der Waals surface area contributed by atoms with Crippen molar-refractivity contribution in [1.82, 2.24) is 4.90 Å². The lowest BCUT2D eigenvalue weighted by molar-refractivity contribution is -0.145. The lowest BCUT2D eigenvalue weighted by Gasteiger charge is -2.57. The number of imide groups is 1. The summed E-state index contributed by atoms with van der Waals surface area (Å²) in [6.45, 7) is 3.99. The third-order valence-electron chi connectivity index (χ3n) is 7.71. The minimum absolute atomic E-state index is 0.208. The van der Waals surface area contributed by atoms with Gasteiger partial charge in [0.25, 0.3) is 11.1 Å². The lowest BCUT2D eigenvalue weighted by atomic mass is 9.48. The van der Waals surface area contributed by atoms with Gasteiger partial charge in [-0.15, -0.1) is 0 Å². The molecule has 1 heterocycles. The second kappa shape index (κ2) is 8.82. The molecule has 1 aromatic rings. The molecule has 6 rings (SSSR count). The van der Waals surface area contributed by atoms with Crippen LogP contribution < -0.4 is 4.74 Å². The van der Waals surface area contributed by atoms with E-state index in [0.29, 0.717) is 17.3 Å². The maximum atomic E-state index is 12.9. The Hall–Kier alpha value is -2.28. The van der Waals surface area contributed by atoms with E-state index < -0.39 is 17.1 Å². The Morgan fingerprint density at radius 2 is 1.76 bits per heavy atom. The van der Waals surface area contributed by atoms with E-state index in [1.165, 1.54) is 44.1 Å². The minimum atomic E-state index is -0.583. The summed E-state index contributed by atoms with van der Waals surface area (Å²) in [5.74, 6) is 2.19. The molecule has 4 aliphatic carbocycles. The van der Waals surface area contributed by atoms with Crippen molar-refractivity contribution in [3.8, 4) is 5.75 Å². The zero-order valence-electron chi connectivity index (χ0n) is 19.3. The maximum Gasteiger partial charge on any atom is 0.326 e. The Labute approximate surface area is 199 Å². The predicted molar refractivity (Wildman–Crippen MR) is 127 cm³/mol. The number of benzene rings is 1. The Bertz CT molecular complexity index is 981. The number of hydrogen-bond donors (Lipinski definition) is 0. The van der Waals surface area contributed by atoms with Crippen LogP contribution in [0.2, 0.25) is 0 Å². The number of esters is 1. The van der Waals surface area contributed by atoms with Gasteiger partial charge in [0, 0.05) is 5.56 Å². The molecule has 0 spiro atoms. The SMILES string of the molecule is CCOC(=O)CN1C(=O)S/C(=C\c2cc(C34CC5CC(CC(C5)C3)C4)ccc2OCC)C1=O. The van der Waals surface area contributed by atoms with Crippen LogP contribution in [0.15, 0.2) is 23.1 Å². The molecule has 1 saturated heterocycles. The smallest absolute Gasteiger partial charge is 0.326 e. The van der Waals surface area contributed by atoms with Crippen molar-refractivity contribution in [3.05, 3.63) is 34.2 Å². The van der Waals surface area contributed by atoms with Crippen molar-refractivity contribution in [1.29, 1.82) is 0 Å². The van der Waals surface area contributed by atoms with Crippen molar-refractivity contribution in [2.75, 3.05) is 19.8 Å². The highest BCUT2D eigenvalue weighted by Crippen LogP contribution is 2.61. The van der Waals surface area contributed by atoms with Gasteiger partial charge in [0.15, 0.2) is 0 Å². The number of amides is 2. The summed E-state index contributed by atoms with van der Waals surface area (Å²) in [5, 5.41) is -0.450. The minimum Gasteiger partial charge on any atom is -0.493 e. The number of ether oxygens (including phenoxy) is 2. The number of hydrogen-bond acceptors (Lipinski definition) is 6. The standard InChI is InChI=1S/C26H31NO5S/c1-3-31-21-6-5-20(26-12-16-7-17(13-26)9-18(8-16)14-26)10-19(21)11-22-24(29)27(25(30)33-22)15-23(28)32-4-2/h5-6,10-11,16-18H,3-4,7-9,12-15H2,1-2H3/b22-11-. The first-order valence-corrected chi connectivity index (χ1v) is 12.9. The van der Waals surface area contributed by atoms with E-state index in [1.54, 1.807) is 13.0 Å². The maximum absolute atomic E-state index is 12.9. The summed E-state index contributed by atoms with van der Waals surface area (Å²) in [4.78, 5) is 38.4. The first-order valence-electron chi connectivity index (χ1n) is 12.1. The third-order valence-corrected chi connectivity index (χ3v) is 8.62. The molecule has 4 saturated carbocycles. The van der Waals surface area contributed by atoms with Crippen molar-refractivity contribution >= 4 is 35.0 Å². The molecule has 2 amide bonds. The van der Waals surface area contributed by atoms with Gasteiger partial charge < -0.3 is 9.47 Å². The molecule has 5 fully saturated rings. The highest BCUT2D eigenvalue weighted by molar-refractivity contribution is 8.18. The third kappa shape index (κ3) is 4.20. The number of carbonyl (C=O) groups is 3. The molecule has 6 nitrogen and oxygen atoms in total. The van der Waals surface area contributed by atoms with Gasteiger partial charge in [-0.1, -0.05) is 6.07 Å². The van der Waals surface area contributed by atoms with E-state index in [1.807, 2.05) is 13.0 Å². The van der Waals surface area contributed by atoms with Gasteiger partial charge in [-0.3, -0.25) is 19.3 Å². The molecular weight excluding hydrogens is 438 g/mol. The van der Waals surface area contributed by atoms with Crippen molar-refractivity contribution < 1.29 is 23.9 Å². The van der Waals surface area contributed by atoms with Gasteiger partial charge in [-0.25, -0.2) is 0 Å². The molecule has 33 heavy (non-hydrogen) atoms. The van der Waals surface area contributed by atoms with Crippen LogP contribution in [-0.4, -0.2) is 41.8 Å². The largest absolute Gasteiger partial charge is 0.493 e. The average Bonchev–Trinajstić information content (AvgIpc) is 3.01. The summed E-state index contributed by atoms with van der Waals surface area (Å²) in [6, 6.07) is 6.41. The molecular formula is C26H31NO5S. The van der Waals surface area contributed by atoms with Gasteiger partial charge in [0.1, 0.15) is 12.3 Å². The van der Waals surface area contributed by atoms with E-state index in [0.717, 1.165) is 40.0 Å². The zero-order valence-corrected chi connectivity index (χ0v) is 20.1. The summed E-state index contributed by atoms with van der Waals surface area (Å²) in [7, 11) is 0. The van der Waals surface area contributed by atoms with Crippen molar-refractivity contribution in [2.24, 2.45) is 17.8 Å². The molecule has 5 aliphatic rings.